The van der Waals surface area contributed by atoms with Gasteiger partial charge in [0.15, 0.2) is 6.61 Å². The third-order valence-corrected chi connectivity index (χ3v) is 2.17. The summed E-state index contributed by atoms with van der Waals surface area (Å²) in [7, 11) is 0. The minimum absolute atomic E-state index is 0.0926. The van der Waals surface area contributed by atoms with E-state index < -0.39 is 17.4 Å². The minimum Gasteiger partial charge on any atom is -0.483 e. The van der Waals surface area contributed by atoms with E-state index in [2.05, 4.69) is 11.2 Å². The predicted octanol–water partition coefficient (Wildman–Crippen LogP) is 0.215. The third kappa shape index (κ3) is 4.29. The normalized spacial score (nSPS) is 9.47. The fourth-order valence-electron chi connectivity index (χ4n) is 1.29. The minimum atomic E-state index is -0.581. The summed E-state index contributed by atoms with van der Waals surface area (Å²) in [6.07, 6.45) is 4.97. The first-order valence-electron chi connectivity index (χ1n) is 5.29. The van der Waals surface area contributed by atoms with E-state index in [9.17, 15) is 14.9 Å². The molecule has 0 atom stereocenters. The number of benzene rings is 1. The van der Waals surface area contributed by atoms with Gasteiger partial charge in [0.05, 0.1) is 18.1 Å². The van der Waals surface area contributed by atoms with Crippen molar-refractivity contribution in [3.63, 3.8) is 0 Å². The Morgan fingerprint density at radius 3 is 2.89 bits per heavy atom. The highest BCUT2D eigenvalue weighted by atomic mass is 16.6. The maximum Gasteiger partial charge on any atom is 0.270 e. The fourth-order valence-corrected chi connectivity index (χ4v) is 1.29. The fraction of sp³-hybridized carbons (Fsp3) is 0.250. The van der Waals surface area contributed by atoms with Crippen molar-refractivity contribution in [2.24, 2.45) is 0 Å². The number of nitrogens with one attached hydrogen (secondary N) is 1. The molecule has 1 rings (SSSR count). The molecule has 1 amide bonds. The average Bonchev–Trinajstić information content (AvgIpc) is 2.42. The largest absolute Gasteiger partial charge is 0.483 e. The molecular formula is C12H12N2O5. The van der Waals surface area contributed by atoms with Crippen LogP contribution in [0.4, 0.5) is 5.69 Å². The zero-order chi connectivity index (χ0) is 14.3. The van der Waals surface area contributed by atoms with Gasteiger partial charge < -0.3 is 15.2 Å². The van der Waals surface area contributed by atoms with E-state index in [1.165, 1.54) is 18.2 Å². The maximum atomic E-state index is 11.2. The predicted molar refractivity (Wildman–Crippen MR) is 66.4 cm³/mol. The van der Waals surface area contributed by atoms with Crippen molar-refractivity contribution in [3.8, 4) is 18.1 Å². The lowest BCUT2D eigenvalue weighted by Crippen LogP contribution is -2.29. The van der Waals surface area contributed by atoms with Crippen LogP contribution in [-0.4, -0.2) is 29.1 Å². The lowest BCUT2D eigenvalue weighted by atomic mass is 10.2. The Balaban J connectivity index is 2.71. The van der Waals surface area contributed by atoms with E-state index in [1.54, 1.807) is 0 Å². The first-order valence-corrected chi connectivity index (χ1v) is 5.29. The summed E-state index contributed by atoms with van der Waals surface area (Å²) in [4.78, 5) is 21.2. The van der Waals surface area contributed by atoms with Crippen molar-refractivity contribution in [1.82, 2.24) is 5.32 Å². The van der Waals surface area contributed by atoms with Gasteiger partial charge in [-0.3, -0.25) is 14.9 Å². The van der Waals surface area contributed by atoms with Gasteiger partial charge in [0.2, 0.25) is 0 Å². The zero-order valence-electron chi connectivity index (χ0n) is 9.96. The van der Waals surface area contributed by atoms with Crippen molar-refractivity contribution in [2.75, 3.05) is 13.2 Å². The summed E-state index contributed by atoms with van der Waals surface area (Å²) in [5, 5.41) is 22.1. The van der Waals surface area contributed by atoms with Crippen molar-refractivity contribution >= 4 is 11.6 Å². The Labute approximate surface area is 109 Å². The molecule has 0 fully saturated rings. The molecule has 1 aromatic carbocycles. The van der Waals surface area contributed by atoms with Gasteiger partial charge in [0.1, 0.15) is 5.75 Å². The molecule has 0 spiro atoms. The quantitative estimate of drug-likeness (QED) is 0.434. The highest BCUT2D eigenvalue weighted by Crippen LogP contribution is 2.24. The van der Waals surface area contributed by atoms with Crippen LogP contribution in [0.2, 0.25) is 0 Å². The second kappa shape index (κ2) is 6.98. The number of hydrogen-bond donors (Lipinski definition) is 2. The lowest BCUT2D eigenvalue weighted by Gasteiger charge is -2.09. The average molecular weight is 264 g/mol. The summed E-state index contributed by atoms with van der Waals surface area (Å²) in [6, 6.07) is 3.75. The number of nitro groups is 1. The topological polar surface area (TPSA) is 102 Å². The number of non-ortho nitro benzene ring substituents is 1. The van der Waals surface area contributed by atoms with Gasteiger partial charge in [-0.05, 0) is 6.07 Å². The molecule has 1 aromatic rings. The van der Waals surface area contributed by atoms with E-state index in [-0.39, 0.29) is 30.2 Å². The van der Waals surface area contributed by atoms with Crippen LogP contribution in [0, 0.1) is 22.5 Å². The summed E-state index contributed by atoms with van der Waals surface area (Å²) in [5.74, 6) is 2.03. The van der Waals surface area contributed by atoms with Crippen LogP contribution in [0.15, 0.2) is 18.2 Å². The Kier molecular flexibility index (Phi) is 5.32. The zero-order valence-corrected chi connectivity index (χ0v) is 9.96. The van der Waals surface area contributed by atoms with Crippen LogP contribution in [0.5, 0.6) is 5.75 Å². The number of carbonyl (C=O) groups is 1. The summed E-state index contributed by atoms with van der Waals surface area (Å²) >= 11 is 0. The first-order chi connectivity index (χ1) is 9.08. The Bertz CT molecular complexity index is 521. The van der Waals surface area contributed by atoms with E-state index in [0.717, 1.165) is 0 Å². The van der Waals surface area contributed by atoms with E-state index in [4.69, 9.17) is 16.3 Å². The van der Waals surface area contributed by atoms with Gasteiger partial charge in [0.25, 0.3) is 11.6 Å². The SMILES string of the molecule is C#CCNC(=O)COc1ccc([N+](=O)[O-])cc1CO. The molecule has 0 heterocycles. The van der Waals surface area contributed by atoms with Crippen molar-refractivity contribution in [3.05, 3.63) is 33.9 Å². The number of aliphatic hydroxyl groups is 1. The first kappa shape index (κ1) is 14.5. The lowest BCUT2D eigenvalue weighted by molar-refractivity contribution is -0.385. The molecule has 100 valence electrons. The number of amides is 1. The molecule has 19 heavy (non-hydrogen) atoms. The summed E-state index contributed by atoms with van der Waals surface area (Å²) in [6.45, 7) is -0.620. The van der Waals surface area contributed by atoms with Crippen LogP contribution >= 0.6 is 0 Å². The van der Waals surface area contributed by atoms with Gasteiger partial charge >= 0.3 is 0 Å². The highest BCUT2D eigenvalue weighted by Gasteiger charge is 2.12. The molecule has 0 unspecified atom stereocenters. The number of nitrogens with zero attached hydrogens (tertiary/aromatic N) is 1. The molecule has 0 radical (unpaired) electrons. The third-order valence-electron chi connectivity index (χ3n) is 2.17. The second-order valence-corrected chi connectivity index (χ2v) is 3.48. The summed E-state index contributed by atoms with van der Waals surface area (Å²) < 4.78 is 5.16. The van der Waals surface area contributed by atoms with Gasteiger partial charge in [-0.15, -0.1) is 6.42 Å². The number of ether oxygens (including phenoxy) is 1. The van der Waals surface area contributed by atoms with Crippen LogP contribution in [0.25, 0.3) is 0 Å². The standard InChI is InChI=1S/C12H12N2O5/c1-2-5-13-12(16)8-19-11-4-3-10(14(17)18)6-9(11)7-15/h1,3-4,6,15H,5,7-8H2,(H,13,16). The molecule has 0 aromatic heterocycles. The highest BCUT2D eigenvalue weighted by molar-refractivity contribution is 5.77. The molecule has 7 nitrogen and oxygen atoms in total. The molecule has 0 saturated heterocycles. The Hall–Kier alpha value is -2.59. The van der Waals surface area contributed by atoms with Gasteiger partial charge in [-0.2, -0.15) is 0 Å². The monoisotopic (exact) mass is 264 g/mol. The molecule has 7 heteroatoms. The number of nitro benzene ring substituents is 1. The summed E-state index contributed by atoms with van der Waals surface area (Å²) in [5.41, 5.74) is 0.0760. The number of aliphatic hydroxyl groups excluding tert-OH is 1. The Morgan fingerprint density at radius 2 is 2.32 bits per heavy atom. The number of terminal acetylenes is 1. The number of hydrogen-bond acceptors (Lipinski definition) is 5. The van der Waals surface area contributed by atoms with Crippen molar-refractivity contribution in [1.29, 1.82) is 0 Å². The van der Waals surface area contributed by atoms with Crippen molar-refractivity contribution < 1.29 is 19.6 Å². The second-order valence-electron chi connectivity index (χ2n) is 3.48. The molecule has 0 aliphatic rings. The van der Waals surface area contributed by atoms with E-state index in [1.807, 2.05) is 0 Å². The van der Waals surface area contributed by atoms with Crippen LogP contribution < -0.4 is 10.1 Å². The molecule has 0 aliphatic carbocycles. The molecule has 0 saturated carbocycles. The van der Waals surface area contributed by atoms with Crippen molar-refractivity contribution in [2.45, 2.75) is 6.61 Å². The number of rotatable bonds is 6. The molecule has 0 bridgehead atoms. The Morgan fingerprint density at radius 1 is 1.58 bits per heavy atom. The molecule has 0 aliphatic heterocycles. The maximum absolute atomic E-state index is 11.2. The smallest absolute Gasteiger partial charge is 0.270 e. The van der Waals surface area contributed by atoms with Gasteiger partial charge in [-0.1, -0.05) is 5.92 Å². The number of carbonyl (C=O) groups excluding carboxylic acids is 1. The van der Waals surface area contributed by atoms with E-state index >= 15 is 0 Å². The van der Waals surface area contributed by atoms with Gasteiger partial charge in [-0.25, -0.2) is 0 Å². The van der Waals surface area contributed by atoms with Crippen LogP contribution in [0.1, 0.15) is 5.56 Å². The molecule has 2 N–H and O–H groups in total. The van der Waals surface area contributed by atoms with E-state index in [0.29, 0.717) is 0 Å². The van der Waals surface area contributed by atoms with Crippen LogP contribution in [-0.2, 0) is 11.4 Å². The molecular weight excluding hydrogens is 252 g/mol. The van der Waals surface area contributed by atoms with Gasteiger partial charge in [0, 0.05) is 17.7 Å². The van der Waals surface area contributed by atoms with Crippen LogP contribution in [0.3, 0.4) is 0 Å².